The van der Waals surface area contributed by atoms with Gasteiger partial charge in [0.05, 0.1) is 5.54 Å². The number of nitrogens with one attached hydrogen (secondary N) is 2. The van der Waals surface area contributed by atoms with Crippen LogP contribution in [0.25, 0.3) is 0 Å². The Bertz CT molecular complexity index is 656. The van der Waals surface area contributed by atoms with E-state index in [1.54, 1.807) is 0 Å². The molecule has 1 aliphatic heterocycles. The summed E-state index contributed by atoms with van der Waals surface area (Å²) >= 11 is 0. The zero-order valence-corrected chi connectivity index (χ0v) is 15.7. The standard InChI is InChI=1S/C20H28N2O4/c1-19(2,3)26-18(24)22-20-11-7-10-15(20)12-21-16(20)17(23)25-13-14-8-5-4-6-9-14/h4-6,8-9,15-16,21H,7,10-13H2,1-3H3,(H,22,24). The Kier molecular flexibility index (Phi) is 5.23. The number of hydrogen-bond acceptors (Lipinski definition) is 5. The van der Waals surface area contributed by atoms with Crippen LogP contribution in [0.5, 0.6) is 0 Å². The average Bonchev–Trinajstić information content (AvgIpc) is 3.09. The molecule has 26 heavy (non-hydrogen) atoms. The van der Waals surface area contributed by atoms with Gasteiger partial charge in [0.1, 0.15) is 18.2 Å². The van der Waals surface area contributed by atoms with Crippen molar-refractivity contribution in [3.8, 4) is 0 Å². The van der Waals surface area contributed by atoms with Gasteiger partial charge in [0, 0.05) is 6.54 Å². The smallest absolute Gasteiger partial charge is 0.408 e. The third kappa shape index (κ3) is 4.01. The molecule has 1 amide bonds. The van der Waals surface area contributed by atoms with Gasteiger partial charge in [0.25, 0.3) is 0 Å². The van der Waals surface area contributed by atoms with E-state index in [-0.39, 0.29) is 18.5 Å². The quantitative estimate of drug-likeness (QED) is 0.808. The van der Waals surface area contributed by atoms with Gasteiger partial charge in [0.2, 0.25) is 0 Å². The van der Waals surface area contributed by atoms with E-state index in [1.807, 2.05) is 51.1 Å². The molecule has 3 unspecified atom stereocenters. The van der Waals surface area contributed by atoms with Crippen LogP contribution in [0.1, 0.15) is 45.6 Å². The van der Waals surface area contributed by atoms with E-state index in [4.69, 9.17) is 9.47 Å². The molecule has 0 radical (unpaired) electrons. The van der Waals surface area contributed by atoms with Gasteiger partial charge < -0.3 is 20.1 Å². The van der Waals surface area contributed by atoms with Gasteiger partial charge in [-0.3, -0.25) is 4.79 Å². The number of esters is 1. The molecular formula is C20H28N2O4. The SMILES string of the molecule is CC(C)(C)OC(=O)NC12CCCC1CNC2C(=O)OCc1ccccc1. The minimum atomic E-state index is -0.629. The van der Waals surface area contributed by atoms with E-state index in [2.05, 4.69) is 10.6 Å². The van der Waals surface area contributed by atoms with E-state index in [0.29, 0.717) is 6.54 Å². The molecule has 3 atom stereocenters. The molecule has 142 valence electrons. The van der Waals surface area contributed by atoms with Gasteiger partial charge in [-0.1, -0.05) is 36.8 Å². The van der Waals surface area contributed by atoms with E-state index in [1.165, 1.54) is 0 Å². The van der Waals surface area contributed by atoms with Gasteiger partial charge >= 0.3 is 12.1 Å². The number of carbonyl (C=O) groups excluding carboxylic acids is 2. The summed E-state index contributed by atoms with van der Waals surface area (Å²) < 4.78 is 11.0. The van der Waals surface area contributed by atoms with Gasteiger partial charge in [-0.15, -0.1) is 0 Å². The lowest BCUT2D eigenvalue weighted by molar-refractivity contribution is -0.149. The largest absolute Gasteiger partial charge is 0.460 e. The van der Waals surface area contributed by atoms with Gasteiger partial charge in [-0.2, -0.15) is 0 Å². The Hall–Kier alpha value is -2.08. The topological polar surface area (TPSA) is 76.7 Å². The maximum atomic E-state index is 12.8. The molecule has 0 aromatic heterocycles. The molecule has 6 heteroatoms. The molecule has 1 aliphatic carbocycles. The highest BCUT2D eigenvalue weighted by molar-refractivity contribution is 5.80. The molecule has 1 saturated carbocycles. The molecule has 1 aromatic rings. The number of rotatable bonds is 4. The number of benzene rings is 1. The zero-order valence-electron chi connectivity index (χ0n) is 15.7. The summed E-state index contributed by atoms with van der Waals surface area (Å²) in [4.78, 5) is 25.1. The fraction of sp³-hybridized carbons (Fsp3) is 0.600. The van der Waals surface area contributed by atoms with Crippen LogP contribution in [0.4, 0.5) is 4.79 Å². The minimum absolute atomic E-state index is 0.212. The summed E-state index contributed by atoms with van der Waals surface area (Å²) in [6, 6.07) is 9.04. The van der Waals surface area contributed by atoms with Crippen LogP contribution in [0, 0.1) is 5.92 Å². The highest BCUT2D eigenvalue weighted by Crippen LogP contribution is 2.42. The maximum Gasteiger partial charge on any atom is 0.408 e. The third-order valence-electron chi connectivity index (χ3n) is 5.15. The highest BCUT2D eigenvalue weighted by Gasteiger charge is 2.57. The van der Waals surface area contributed by atoms with Crippen molar-refractivity contribution in [3.63, 3.8) is 0 Å². The Labute approximate surface area is 154 Å². The van der Waals surface area contributed by atoms with Crippen LogP contribution in [0.2, 0.25) is 0 Å². The van der Waals surface area contributed by atoms with Crippen molar-refractivity contribution >= 4 is 12.1 Å². The predicted octanol–water partition coefficient (Wildman–Crippen LogP) is 2.77. The summed E-state index contributed by atoms with van der Waals surface area (Å²) in [6.07, 6.45) is 2.22. The number of hydrogen-bond donors (Lipinski definition) is 2. The number of fused-ring (bicyclic) bond motifs is 1. The lowest BCUT2D eigenvalue weighted by atomic mass is 9.84. The average molecular weight is 360 g/mol. The van der Waals surface area contributed by atoms with Gasteiger partial charge in [-0.25, -0.2) is 4.79 Å². The fourth-order valence-electron chi connectivity index (χ4n) is 4.05. The van der Waals surface area contributed by atoms with Crippen molar-refractivity contribution in [3.05, 3.63) is 35.9 Å². The van der Waals surface area contributed by atoms with E-state index >= 15 is 0 Å². The lowest BCUT2D eigenvalue weighted by Crippen LogP contribution is -2.61. The first-order valence-electron chi connectivity index (χ1n) is 9.25. The second-order valence-corrected chi connectivity index (χ2v) is 8.19. The molecule has 3 rings (SSSR count). The second kappa shape index (κ2) is 7.27. The Morgan fingerprint density at radius 1 is 1.27 bits per heavy atom. The second-order valence-electron chi connectivity index (χ2n) is 8.19. The predicted molar refractivity (Wildman–Crippen MR) is 97.5 cm³/mol. The molecule has 2 N–H and O–H groups in total. The summed E-state index contributed by atoms with van der Waals surface area (Å²) in [7, 11) is 0. The monoisotopic (exact) mass is 360 g/mol. The molecule has 2 fully saturated rings. The van der Waals surface area contributed by atoms with Crippen molar-refractivity contribution in [2.24, 2.45) is 5.92 Å². The fourth-order valence-corrected chi connectivity index (χ4v) is 4.05. The van der Waals surface area contributed by atoms with Crippen molar-refractivity contribution in [2.45, 2.75) is 63.8 Å². The highest BCUT2D eigenvalue weighted by atomic mass is 16.6. The number of ether oxygens (including phenoxy) is 2. The first kappa shape index (κ1) is 18.7. The summed E-state index contributed by atoms with van der Waals surface area (Å²) in [6.45, 7) is 6.41. The molecule has 6 nitrogen and oxygen atoms in total. The van der Waals surface area contributed by atoms with E-state index < -0.39 is 23.3 Å². The summed E-state index contributed by atoms with van der Waals surface area (Å²) in [5.74, 6) is -0.112. The number of alkyl carbamates (subject to hydrolysis) is 1. The van der Waals surface area contributed by atoms with Crippen LogP contribution < -0.4 is 10.6 Å². The van der Waals surface area contributed by atoms with Crippen LogP contribution >= 0.6 is 0 Å². The Morgan fingerprint density at radius 2 is 2.00 bits per heavy atom. The zero-order chi connectivity index (χ0) is 18.8. The maximum absolute atomic E-state index is 12.8. The van der Waals surface area contributed by atoms with Crippen LogP contribution in [0.3, 0.4) is 0 Å². The lowest BCUT2D eigenvalue weighted by Gasteiger charge is -2.35. The van der Waals surface area contributed by atoms with Gasteiger partial charge in [-0.05, 0) is 45.1 Å². The molecule has 1 saturated heterocycles. The normalized spacial score (nSPS) is 27.7. The van der Waals surface area contributed by atoms with Crippen molar-refractivity contribution in [1.82, 2.24) is 10.6 Å². The van der Waals surface area contributed by atoms with Crippen LogP contribution in [-0.2, 0) is 20.9 Å². The first-order chi connectivity index (χ1) is 12.3. The van der Waals surface area contributed by atoms with E-state index in [9.17, 15) is 9.59 Å². The summed E-state index contributed by atoms with van der Waals surface area (Å²) in [5, 5.41) is 6.27. The van der Waals surface area contributed by atoms with Crippen molar-refractivity contribution < 1.29 is 19.1 Å². The summed E-state index contributed by atoms with van der Waals surface area (Å²) in [5.41, 5.74) is -0.267. The first-order valence-corrected chi connectivity index (χ1v) is 9.25. The Balaban J connectivity index is 1.69. The Morgan fingerprint density at radius 3 is 2.69 bits per heavy atom. The van der Waals surface area contributed by atoms with Gasteiger partial charge in [0.15, 0.2) is 0 Å². The number of carbonyl (C=O) groups is 2. The van der Waals surface area contributed by atoms with E-state index in [0.717, 1.165) is 24.8 Å². The molecule has 0 bridgehead atoms. The molecule has 0 spiro atoms. The van der Waals surface area contributed by atoms with Crippen molar-refractivity contribution in [2.75, 3.05) is 6.54 Å². The molecule has 1 heterocycles. The molecule has 1 aromatic carbocycles. The number of amides is 1. The molecular weight excluding hydrogens is 332 g/mol. The minimum Gasteiger partial charge on any atom is -0.460 e. The third-order valence-corrected chi connectivity index (χ3v) is 5.15. The van der Waals surface area contributed by atoms with Crippen LogP contribution in [-0.4, -0.2) is 35.8 Å². The van der Waals surface area contributed by atoms with Crippen molar-refractivity contribution in [1.29, 1.82) is 0 Å². The van der Waals surface area contributed by atoms with Crippen LogP contribution in [0.15, 0.2) is 30.3 Å². The molecule has 2 aliphatic rings.